The molecule has 0 radical (unpaired) electrons. The normalized spacial score (nSPS) is 23.4. The number of ketones is 1. The van der Waals surface area contributed by atoms with Gasteiger partial charge in [-0.2, -0.15) is 0 Å². The van der Waals surface area contributed by atoms with Crippen molar-refractivity contribution in [3.05, 3.63) is 62.5 Å². The summed E-state index contributed by atoms with van der Waals surface area (Å²) < 4.78 is 10.4. The van der Waals surface area contributed by atoms with Crippen LogP contribution in [-0.4, -0.2) is 35.9 Å². The number of allylic oxidation sites excluding steroid dienone is 3. The molecule has 0 aromatic heterocycles. The Bertz CT molecular complexity index is 1070. The van der Waals surface area contributed by atoms with E-state index >= 15 is 0 Å². The number of nitro groups is 1. The molecule has 3 rings (SSSR count). The van der Waals surface area contributed by atoms with Gasteiger partial charge in [0.15, 0.2) is 5.78 Å². The number of esters is 2. The zero-order chi connectivity index (χ0) is 24.4. The maximum Gasteiger partial charge on any atom is 0.337 e. The number of benzene rings is 1. The van der Waals surface area contributed by atoms with Crippen molar-refractivity contribution >= 4 is 23.4 Å². The van der Waals surface area contributed by atoms with E-state index < -0.39 is 34.5 Å². The average molecular weight is 456 g/mol. The molecule has 0 unspecified atom stereocenters. The van der Waals surface area contributed by atoms with Gasteiger partial charge in [-0.1, -0.05) is 26.0 Å². The fourth-order valence-corrected chi connectivity index (χ4v) is 4.43. The lowest BCUT2D eigenvalue weighted by Crippen LogP contribution is -2.43. The van der Waals surface area contributed by atoms with Crippen molar-refractivity contribution in [2.75, 3.05) is 7.11 Å². The second-order valence-corrected chi connectivity index (χ2v) is 8.51. The third-order valence-electron chi connectivity index (χ3n) is 6.26. The molecule has 1 aromatic rings. The minimum absolute atomic E-state index is 0.165. The Morgan fingerprint density at radius 3 is 2.64 bits per heavy atom. The van der Waals surface area contributed by atoms with Crippen molar-refractivity contribution in [1.82, 2.24) is 5.32 Å². The summed E-state index contributed by atoms with van der Waals surface area (Å²) in [6, 6.07) is 5.84. The highest BCUT2D eigenvalue weighted by Crippen LogP contribution is 2.46. The number of Topliss-reactive ketones (excluding diaryl/α,β-unsaturated/α-hetero) is 1. The molecule has 0 spiro atoms. The van der Waals surface area contributed by atoms with Crippen LogP contribution in [0.2, 0.25) is 0 Å². The molecule has 2 aliphatic rings. The number of nitrogens with one attached hydrogen (secondary N) is 1. The van der Waals surface area contributed by atoms with E-state index in [0.717, 1.165) is 0 Å². The average Bonchev–Trinajstić information content (AvgIpc) is 2.77. The topological polar surface area (TPSA) is 125 Å². The minimum Gasteiger partial charge on any atom is -0.468 e. The van der Waals surface area contributed by atoms with Gasteiger partial charge >= 0.3 is 11.9 Å². The molecule has 176 valence electrons. The number of nitro benzene ring substituents is 1. The van der Waals surface area contributed by atoms with Crippen LogP contribution in [0.4, 0.5) is 5.69 Å². The summed E-state index contributed by atoms with van der Waals surface area (Å²) in [4.78, 5) is 50.2. The van der Waals surface area contributed by atoms with Crippen LogP contribution in [0.1, 0.15) is 52.0 Å². The molecule has 9 nitrogen and oxygen atoms in total. The standard InChI is InChI=1S/C24H28N2O7/c1-6-13(3)33-24(29)19-14(4)25-17-10-12(2)18(23(28)32-5)22(27)21(17)20(19)15-8-7-9-16(11-15)26(30)31/h7-9,11-13,18,20,25H,6,10H2,1-5H3/t12-,13+,18-,20+/m0/s1. The van der Waals surface area contributed by atoms with Gasteiger partial charge < -0.3 is 14.8 Å². The molecule has 0 saturated heterocycles. The smallest absolute Gasteiger partial charge is 0.337 e. The van der Waals surface area contributed by atoms with Gasteiger partial charge in [-0.15, -0.1) is 0 Å². The molecule has 1 N–H and O–H groups in total. The predicted octanol–water partition coefficient (Wildman–Crippen LogP) is 3.55. The summed E-state index contributed by atoms with van der Waals surface area (Å²) in [5.74, 6) is -3.97. The lowest BCUT2D eigenvalue weighted by molar-refractivity contribution is -0.384. The van der Waals surface area contributed by atoms with E-state index in [2.05, 4.69) is 5.32 Å². The quantitative estimate of drug-likeness (QED) is 0.298. The number of non-ortho nitro benzene ring substituents is 1. The SMILES string of the molecule is CC[C@@H](C)OC(=O)C1=C(C)NC2=C(C(=O)[C@@H](C(=O)OC)[C@@H](C)C2)[C@@H]1c1cccc([N+](=O)[O-])c1. The van der Waals surface area contributed by atoms with Gasteiger partial charge in [0, 0.05) is 35.0 Å². The maximum atomic E-state index is 13.6. The first-order valence-electron chi connectivity index (χ1n) is 10.9. The van der Waals surface area contributed by atoms with Gasteiger partial charge in [-0.3, -0.25) is 19.7 Å². The van der Waals surface area contributed by atoms with Crippen LogP contribution >= 0.6 is 0 Å². The van der Waals surface area contributed by atoms with Gasteiger partial charge in [0.1, 0.15) is 5.92 Å². The van der Waals surface area contributed by atoms with Crippen molar-refractivity contribution in [2.45, 2.75) is 52.6 Å². The lowest BCUT2D eigenvalue weighted by Gasteiger charge is -2.38. The van der Waals surface area contributed by atoms with Crippen LogP contribution in [0.3, 0.4) is 0 Å². The highest BCUT2D eigenvalue weighted by molar-refractivity contribution is 6.12. The van der Waals surface area contributed by atoms with Gasteiger partial charge in [0.2, 0.25) is 0 Å². The van der Waals surface area contributed by atoms with Gasteiger partial charge in [0.05, 0.1) is 23.7 Å². The number of dihydropyridines is 1. The van der Waals surface area contributed by atoms with Crippen LogP contribution < -0.4 is 5.32 Å². The number of methoxy groups -OCH3 is 1. The first-order chi connectivity index (χ1) is 15.6. The van der Waals surface area contributed by atoms with E-state index in [0.29, 0.717) is 29.8 Å². The molecule has 4 atom stereocenters. The van der Waals surface area contributed by atoms with E-state index in [1.807, 2.05) is 6.92 Å². The largest absolute Gasteiger partial charge is 0.468 e. The third-order valence-corrected chi connectivity index (χ3v) is 6.26. The van der Waals surface area contributed by atoms with Crippen LogP contribution in [0, 0.1) is 22.0 Å². The number of carbonyl (C=O) groups is 3. The minimum atomic E-state index is -1.03. The second kappa shape index (κ2) is 9.56. The lowest BCUT2D eigenvalue weighted by atomic mass is 9.69. The maximum absolute atomic E-state index is 13.6. The summed E-state index contributed by atoms with van der Waals surface area (Å²) in [6.07, 6.45) is 0.628. The Balaban J connectivity index is 2.20. The molecule has 1 aliphatic heterocycles. The van der Waals surface area contributed by atoms with E-state index in [1.54, 1.807) is 26.8 Å². The Hall–Kier alpha value is -3.49. The van der Waals surface area contributed by atoms with Crippen molar-refractivity contribution in [3.8, 4) is 0 Å². The van der Waals surface area contributed by atoms with Crippen LogP contribution in [-0.2, 0) is 23.9 Å². The molecular weight excluding hydrogens is 428 g/mol. The number of rotatable bonds is 6. The van der Waals surface area contributed by atoms with Gasteiger partial charge in [-0.05, 0) is 38.2 Å². The summed E-state index contributed by atoms with van der Waals surface area (Å²) in [6.45, 7) is 7.14. The van der Waals surface area contributed by atoms with E-state index in [4.69, 9.17) is 9.47 Å². The third kappa shape index (κ3) is 4.53. The number of ether oxygens (including phenoxy) is 2. The Morgan fingerprint density at radius 2 is 2.03 bits per heavy atom. The number of hydrogen-bond donors (Lipinski definition) is 1. The van der Waals surface area contributed by atoms with Gasteiger partial charge in [-0.25, -0.2) is 4.79 Å². The molecular formula is C24H28N2O7. The molecule has 33 heavy (non-hydrogen) atoms. The molecule has 0 amide bonds. The van der Waals surface area contributed by atoms with Crippen molar-refractivity contribution in [2.24, 2.45) is 11.8 Å². The monoisotopic (exact) mass is 456 g/mol. The number of hydrogen-bond acceptors (Lipinski definition) is 8. The fourth-order valence-electron chi connectivity index (χ4n) is 4.43. The van der Waals surface area contributed by atoms with Crippen LogP contribution in [0.5, 0.6) is 0 Å². The zero-order valence-electron chi connectivity index (χ0n) is 19.3. The highest BCUT2D eigenvalue weighted by atomic mass is 16.6. The van der Waals surface area contributed by atoms with Crippen LogP contribution in [0.25, 0.3) is 0 Å². The Kier molecular flexibility index (Phi) is 7.00. The number of nitrogens with zero attached hydrogens (tertiary/aromatic N) is 1. The Morgan fingerprint density at radius 1 is 1.33 bits per heavy atom. The molecule has 0 saturated carbocycles. The van der Waals surface area contributed by atoms with Crippen LogP contribution in [0.15, 0.2) is 46.8 Å². The molecule has 0 bridgehead atoms. The molecule has 9 heteroatoms. The van der Waals surface area contributed by atoms with Crippen molar-refractivity contribution < 1.29 is 28.8 Å². The predicted molar refractivity (Wildman–Crippen MR) is 119 cm³/mol. The molecule has 1 aromatic carbocycles. The second-order valence-electron chi connectivity index (χ2n) is 8.51. The first kappa shape index (κ1) is 24.2. The number of carbonyl (C=O) groups excluding carboxylic acids is 3. The zero-order valence-corrected chi connectivity index (χ0v) is 19.3. The summed E-state index contributed by atoms with van der Waals surface area (Å²) in [5, 5.41) is 14.6. The highest BCUT2D eigenvalue weighted by Gasteiger charge is 2.47. The Labute approximate surface area is 192 Å². The van der Waals surface area contributed by atoms with Crippen molar-refractivity contribution in [1.29, 1.82) is 0 Å². The molecule has 1 heterocycles. The van der Waals surface area contributed by atoms with Crippen molar-refractivity contribution in [3.63, 3.8) is 0 Å². The van der Waals surface area contributed by atoms with E-state index in [9.17, 15) is 24.5 Å². The van der Waals surface area contributed by atoms with Gasteiger partial charge in [0.25, 0.3) is 5.69 Å². The first-order valence-corrected chi connectivity index (χ1v) is 10.9. The summed E-state index contributed by atoms with van der Waals surface area (Å²) in [7, 11) is 1.22. The molecule has 0 fully saturated rings. The van der Waals surface area contributed by atoms with E-state index in [-0.39, 0.29) is 28.9 Å². The fraction of sp³-hybridized carbons (Fsp3) is 0.458. The summed E-state index contributed by atoms with van der Waals surface area (Å²) >= 11 is 0. The molecule has 1 aliphatic carbocycles. The van der Waals surface area contributed by atoms with E-state index in [1.165, 1.54) is 25.3 Å². The summed E-state index contributed by atoms with van der Waals surface area (Å²) in [5.41, 5.74) is 1.78.